The number of pyridine rings is 1. The van der Waals surface area contributed by atoms with Gasteiger partial charge in [-0.05, 0) is 13.1 Å². The van der Waals surface area contributed by atoms with Crippen molar-refractivity contribution in [2.24, 2.45) is 0 Å². The van der Waals surface area contributed by atoms with Gasteiger partial charge in [0, 0.05) is 50.0 Å². The van der Waals surface area contributed by atoms with Crippen LogP contribution in [0.4, 0.5) is 10.2 Å². The van der Waals surface area contributed by atoms with E-state index in [2.05, 4.69) is 31.8 Å². The normalized spacial score (nSPS) is 15.8. The third-order valence-corrected chi connectivity index (χ3v) is 4.40. The molecule has 1 fully saturated rings. The van der Waals surface area contributed by atoms with Crippen molar-refractivity contribution in [1.29, 1.82) is 5.26 Å². The quantitative estimate of drug-likeness (QED) is 0.638. The van der Waals surface area contributed by atoms with Crippen molar-refractivity contribution in [1.82, 2.24) is 19.9 Å². The number of nitriles is 1. The van der Waals surface area contributed by atoms with Gasteiger partial charge in [0.05, 0.1) is 11.1 Å². The van der Waals surface area contributed by atoms with Crippen LogP contribution >= 0.6 is 0 Å². The van der Waals surface area contributed by atoms with E-state index in [0.29, 0.717) is 21.9 Å². The summed E-state index contributed by atoms with van der Waals surface area (Å²) in [6, 6.07) is 4.68. The molecule has 0 N–H and O–H groups in total. The van der Waals surface area contributed by atoms with Crippen LogP contribution < -0.4 is 4.90 Å². The maximum absolute atomic E-state index is 14.0. The molecule has 24 heavy (non-hydrogen) atoms. The summed E-state index contributed by atoms with van der Waals surface area (Å²) in [7, 11) is 2.09. The van der Waals surface area contributed by atoms with Gasteiger partial charge in [-0.15, -0.1) is 0 Å². The molecular weight excluding hydrogens is 307 g/mol. The first-order chi connectivity index (χ1) is 11.7. The first-order valence-corrected chi connectivity index (χ1v) is 7.75. The molecule has 0 unspecified atom stereocenters. The Morgan fingerprint density at radius 1 is 1.08 bits per heavy atom. The van der Waals surface area contributed by atoms with E-state index in [4.69, 9.17) is 5.26 Å². The van der Waals surface area contributed by atoms with Gasteiger partial charge >= 0.3 is 0 Å². The zero-order valence-electron chi connectivity index (χ0n) is 13.2. The monoisotopic (exact) mass is 322 g/mol. The third-order valence-electron chi connectivity index (χ3n) is 4.40. The lowest BCUT2D eigenvalue weighted by Crippen LogP contribution is -2.45. The van der Waals surface area contributed by atoms with E-state index >= 15 is 0 Å². The summed E-state index contributed by atoms with van der Waals surface area (Å²) in [5.41, 5.74) is 1.81. The fraction of sp³-hybridized carbons (Fsp3) is 0.294. The fourth-order valence-corrected chi connectivity index (χ4v) is 3.04. The first-order valence-electron chi connectivity index (χ1n) is 7.75. The van der Waals surface area contributed by atoms with Gasteiger partial charge in [-0.3, -0.25) is 4.98 Å². The Bertz CT molecular complexity index is 972. The van der Waals surface area contributed by atoms with Crippen LogP contribution in [0.1, 0.15) is 5.56 Å². The Morgan fingerprint density at radius 2 is 1.79 bits per heavy atom. The molecule has 7 heteroatoms. The molecule has 0 radical (unpaired) electrons. The van der Waals surface area contributed by atoms with E-state index in [-0.39, 0.29) is 5.56 Å². The lowest BCUT2D eigenvalue weighted by Gasteiger charge is -2.33. The van der Waals surface area contributed by atoms with E-state index in [1.54, 1.807) is 12.4 Å². The zero-order valence-corrected chi connectivity index (χ0v) is 13.2. The topological polar surface area (TPSA) is 68.9 Å². The molecule has 4 rings (SSSR count). The average Bonchev–Trinajstić information content (AvgIpc) is 2.61. The SMILES string of the molecule is CN1CCN(c2nc3cc(F)c(C#N)cc3c3nccnc23)CC1. The molecule has 1 aliphatic rings. The minimum atomic E-state index is -0.565. The third kappa shape index (κ3) is 2.32. The Morgan fingerprint density at radius 3 is 2.50 bits per heavy atom. The van der Waals surface area contributed by atoms with Crippen molar-refractivity contribution >= 4 is 27.8 Å². The maximum Gasteiger partial charge on any atom is 0.157 e. The minimum absolute atomic E-state index is 0.0106. The predicted molar refractivity (Wildman–Crippen MR) is 89.2 cm³/mol. The number of aromatic nitrogens is 3. The molecule has 6 nitrogen and oxygen atoms in total. The van der Waals surface area contributed by atoms with E-state index in [1.807, 2.05) is 6.07 Å². The number of rotatable bonds is 1. The molecule has 1 aliphatic heterocycles. The van der Waals surface area contributed by atoms with Crippen LogP contribution in [-0.4, -0.2) is 53.1 Å². The van der Waals surface area contributed by atoms with Crippen molar-refractivity contribution < 1.29 is 4.39 Å². The number of fused-ring (bicyclic) bond motifs is 3. The molecule has 3 heterocycles. The van der Waals surface area contributed by atoms with Gasteiger partial charge in [0.1, 0.15) is 22.9 Å². The summed E-state index contributed by atoms with van der Waals surface area (Å²) in [6.07, 6.45) is 3.23. The van der Waals surface area contributed by atoms with Crippen LogP contribution in [0, 0.1) is 17.1 Å². The van der Waals surface area contributed by atoms with Crippen LogP contribution in [0.15, 0.2) is 24.5 Å². The van der Waals surface area contributed by atoms with Crippen LogP contribution in [0.5, 0.6) is 0 Å². The summed E-state index contributed by atoms with van der Waals surface area (Å²) in [6.45, 7) is 3.53. The Labute approximate surface area is 138 Å². The lowest BCUT2D eigenvalue weighted by molar-refractivity contribution is 0.312. The maximum atomic E-state index is 14.0. The van der Waals surface area contributed by atoms with Crippen molar-refractivity contribution in [2.75, 3.05) is 38.1 Å². The number of hydrogen-bond donors (Lipinski definition) is 0. The first kappa shape index (κ1) is 14.7. The standard InChI is InChI=1S/C17H15FN6/c1-23-4-6-24(7-5-23)17-16-15(20-2-3-21-16)12-8-11(10-19)13(18)9-14(12)22-17/h2-3,8-9H,4-7H2,1H3. The average molecular weight is 322 g/mol. The highest BCUT2D eigenvalue weighted by Crippen LogP contribution is 2.30. The van der Waals surface area contributed by atoms with Gasteiger partial charge in [0.2, 0.25) is 0 Å². The second-order valence-electron chi connectivity index (χ2n) is 5.94. The molecular formula is C17H15FN6. The Hall–Kier alpha value is -2.85. The molecule has 120 valence electrons. The van der Waals surface area contributed by atoms with Crippen molar-refractivity contribution in [3.8, 4) is 6.07 Å². The number of hydrogen-bond acceptors (Lipinski definition) is 6. The molecule has 1 aromatic carbocycles. The molecule has 1 saturated heterocycles. The van der Waals surface area contributed by atoms with Crippen LogP contribution in [0.3, 0.4) is 0 Å². The molecule has 0 bridgehead atoms. The van der Waals surface area contributed by atoms with Crippen molar-refractivity contribution in [3.05, 3.63) is 35.9 Å². The second kappa shape index (κ2) is 5.65. The van der Waals surface area contributed by atoms with Gasteiger partial charge in [-0.25, -0.2) is 14.4 Å². The van der Waals surface area contributed by atoms with E-state index < -0.39 is 5.82 Å². The number of likely N-dealkylation sites (N-methyl/N-ethyl adjacent to an activating group) is 1. The van der Waals surface area contributed by atoms with Crippen LogP contribution in [0.25, 0.3) is 21.9 Å². The fourth-order valence-electron chi connectivity index (χ4n) is 3.04. The molecule has 0 atom stereocenters. The number of piperazine rings is 1. The Balaban J connectivity index is 1.98. The lowest BCUT2D eigenvalue weighted by atomic mass is 10.1. The van der Waals surface area contributed by atoms with Gasteiger partial charge < -0.3 is 9.80 Å². The van der Waals surface area contributed by atoms with Gasteiger partial charge in [0.15, 0.2) is 5.82 Å². The van der Waals surface area contributed by atoms with Crippen LogP contribution in [-0.2, 0) is 0 Å². The zero-order chi connectivity index (χ0) is 16.7. The summed E-state index contributed by atoms with van der Waals surface area (Å²) in [4.78, 5) is 17.9. The largest absolute Gasteiger partial charge is 0.352 e. The van der Waals surface area contributed by atoms with Gasteiger partial charge in [0.25, 0.3) is 0 Å². The van der Waals surface area contributed by atoms with Crippen molar-refractivity contribution in [3.63, 3.8) is 0 Å². The summed E-state index contributed by atoms with van der Waals surface area (Å²) in [5, 5.41) is 9.72. The summed E-state index contributed by atoms with van der Waals surface area (Å²) >= 11 is 0. The molecule has 0 spiro atoms. The van der Waals surface area contributed by atoms with E-state index in [9.17, 15) is 4.39 Å². The highest BCUT2D eigenvalue weighted by molar-refractivity contribution is 6.06. The highest BCUT2D eigenvalue weighted by Gasteiger charge is 2.21. The molecule has 2 aromatic heterocycles. The molecule has 0 saturated carbocycles. The molecule has 0 aliphatic carbocycles. The Kier molecular flexibility index (Phi) is 3.47. The number of anilines is 1. The predicted octanol–water partition coefficient (Wildman–Crippen LogP) is 1.94. The number of halogens is 1. The van der Waals surface area contributed by atoms with E-state index in [1.165, 1.54) is 12.1 Å². The number of nitrogens with zero attached hydrogens (tertiary/aromatic N) is 6. The van der Waals surface area contributed by atoms with Crippen molar-refractivity contribution in [2.45, 2.75) is 0 Å². The molecule has 0 amide bonds. The van der Waals surface area contributed by atoms with E-state index in [0.717, 1.165) is 32.0 Å². The van der Waals surface area contributed by atoms with Gasteiger partial charge in [-0.2, -0.15) is 5.26 Å². The van der Waals surface area contributed by atoms with Crippen LogP contribution in [0.2, 0.25) is 0 Å². The smallest absolute Gasteiger partial charge is 0.157 e. The highest BCUT2D eigenvalue weighted by atomic mass is 19.1. The summed E-state index contributed by atoms with van der Waals surface area (Å²) < 4.78 is 14.0. The summed E-state index contributed by atoms with van der Waals surface area (Å²) in [5.74, 6) is 0.160. The van der Waals surface area contributed by atoms with Gasteiger partial charge in [-0.1, -0.05) is 0 Å². The minimum Gasteiger partial charge on any atom is -0.352 e. The molecule has 3 aromatic rings. The number of benzene rings is 1. The second-order valence-corrected chi connectivity index (χ2v) is 5.94.